The van der Waals surface area contributed by atoms with Crippen molar-refractivity contribution in [2.24, 2.45) is 7.05 Å². The molecule has 142 valence electrons. The molecule has 3 rings (SSSR count). The van der Waals surface area contributed by atoms with Crippen molar-refractivity contribution >= 4 is 38.8 Å². The molecule has 2 N–H and O–H groups in total. The van der Waals surface area contributed by atoms with E-state index >= 15 is 0 Å². The van der Waals surface area contributed by atoms with Crippen molar-refractivity contribution in [2.75, 3.05) is 10.0 Å². The molecule has 9 nitrogen and oxygen atoms in total. The van der Waals surface area contributed by atoms with Gasteiger partial charge in [-0.05, 0) is 19.9 Å². The van der Waals surface area contributed by atoms with Gasteiger partial charge in [-0.15, -0.1) is 11.3 Å². The number of thiazole rings is 1. The van der Waals surface area contributed by atoms with Gasteiger partial charge >= 0.3 is 0 Å². The Labute approximate surface area is 160 Å². The van der Waals surface area contributed by atoms with E-state index in [0.717, 1.165) is 11.3 Å². The predicted molar refractivity (Wildman–Crippen MR) is 103 cm³/mol. The van der Waals surface area contributed by atoms with Crippen LogP contribution in [0.3, 0.4) is 0 Å². The maximum atomic E-state index is 12.6. The number of rotatable bonds is 5. The van der Waals surface area contributed by atoms with Crippen LogP contribution in [0.15, 0.2) is 28.7 Å². The highest BCUT2D eigenvalue weighted by Gasteiger charge is 2.21. The number of hydrogen-bond acceptors (Lipinski definition) is 7. The molecule has 3 aromatic rings. The zero-order valence-electron chi connectivity index (χ0n) is 15.1. The van der Waals surface area contributed by atoms with E-state index in [4.69, 9.17) is 0 Å². The number of aromatic nitrogens is 4. The molecule has 27 heavy (non-hydrogen) atoms. The fourth-order valence-corrected chi connectivity index (χ4v) is 5.10. The minimum atomic E-state index is -3.76. The Hall–Kier alpha value is -2.79. The Balaban J connectivity index is 1.91. The van der Waals surface area contributed by atoms with Gasteiger partial charge in [-0.1, -0.05) is 0 Å². The van der Waals surface area contributed by atoms with Gasteiger partial charge in [-0.3, -0.25) is 19.2 Å². The van der Waals surface area contributed by atoms with Crippen molar-refractivity contribution in [1.29, 1.82) is 0 Å². The van der Waals surface area contributed by atoms with Gasteiger partial charge in [-0.25, -0.2) is 13.4 Å². The van der Waals surface area contributed by atoms with Crippen molar-refractivity contribution in [3.8, 4) is 11.3 Å². The summed E-state index contributed by atoms with van der Waals surface area (Å²) in [5.74, 6) is 0.177. The maximum Gasteiger partial charge on any atom is 0.273 e. The van der Waals surface area contributed by atoms with Crippen molar-refractivity contribution in [3.05, 3.63) is 35.2 Å². The predicted octanol–water partition coefficient (Wildman–Crippen LogP) is 2.31. The van der Waals surface area contributed by atoms with Crippen LogP contribution in [0.1, 0.15) is 17.6 Å². The molecule has 0 atom stereocenters. The van der Waals surface area contributed by atoms with Crippen LogP contribution in [0.25, 0.3) is 11.3 Å². The number of anilines is 2. The van der Waals surface area contributed by atoms with E-state index in [1.54, 1.807) is 43.9 Å². The second-order valence-corrected chi connectivity index (χ2v) is 8.97. The molecule has 0 bridgehead atoms. The molecule has 0 spiro atoms. The Bertz CT molecular complexity index is 1120. The van der Waals surface area contributed by atoms with Crippen molar-refractivity contribution in [3.63, 3.8) is 0 Å². The molecule has 3 heterocycles. The summed E-state index contributed by atoms with van der Waals surface area (Å²) in [6, 6.07) is 3.34. The smallest absolute Gasteiger partial charge is 0.273 e. The number of sulfonamides is 1. The first-order valence-corrected chi connectivity index (χ1v) is 10.2. The molecule has 0 aliphatic heterocycles. The van der Waals surface area contributed by atoms with E-state index in [1.807, 2.05) is 0 Å². The highest BCUT2D eigenvalue weighted by Crippen LogP contribution is 2.27. The van der Waals surface area contributed by atoms with Crippen molar-refractivity contribution in [2.45, 2.75) is 25.0 Å². The number of aryl methyl sites for hydroxylation is 3. The molecule has 3 aromatic heterocycles. The summed E-state index contributed by atoms with van der Waals surface area (Å²) in [4.78, 5) is 19.5. The Morgan fingerprint density at radius 3 is 2.59 bits per heavy atom. The standard InChI is InChI=1S/C16H18N6O3S2/c1-9-16(26-11(3)18-9)27(24,25)21-13-5-12(7-17-8-13)14-6-15(19-10(2)23)20-22(14)4/h5-8,21H,1-4H3,(H,19,20,23). The molecule has 0 fully saturated rings. The van der Waals surface area contributed by atoms with Crippen molar-refractivity contribution < 1.29 is 13.2 Å². The summed E-state index contributed by atoms with van der Waals surface area (Å²) in [5.41, 5.74) is 2.11. The van der Waals surface area contributed by atoms with Gasteiger partial charge in [0.15, 0.2) is 10.0 Å². The lowest BCUT2D eigenvalue weighted by Crippen LogP contribution is -2.13. The van der Waals surface area contributed by atoms with Crippen LogP contribution in [0, 0.1) is 13.8 Å². The summed E-state index contributed by atoms with van der Waals surface area (Å²) in [5, 5.41) is 7.50. The van der Waals surface area contributed by atoms with E-state index in [2.05, 4.69) is 25.1 Å². The van der Waals surface area contributed by atoms with Gasteiger partial charge in [-0.2, -0.15) is 5.10 Å². The molecule has 11 heteroatoms. The number of hydrogen-bond donors (Lipinski definition) is 2. The zero-order valence-corrected chi connectivity index (χ0v) is 16.8. The number of carbonyl (C=O) groups is 1. The molecule has 0 aliphatic carbocycles. The largest absolute Gasteiger partial charge is 0.309 e. The van der Waals surface area contributed by atoms with Crippen LogP contribution >= 0.6 is 11.3 Å². The normalized spacial score (nSPS) is 11.4. The third-order valence-corrected chi connectivity index (χ3v) is 6.64. The third-order valence-electron chi connectivity index (χ3n) is 3.58. The lowest BCUT2D eigenvalue weighted by Gasteiger charge is -2.08. The van der Waals surface area contributed by atoms with E-state index in [-0.39, 0.29) is 10.1 Å². The lowest BCUT2D eigenvalue weighted by molar-refractivity contribution is -0.114. The molecular formula is C16H18N6O3S2. The molecule has 0 radical (unpaired) electrons. The molecule has 1 amide bonds. The number of carbonyl (C=O) groups excluding carboxylic acids is 1. The second-order valence-electron chi connectivity index (χ2n) is 5.89. The summed E-state index contributed by atoms with van der Waals surface area (Å²) in [7, 11) is -2.03. The second kappa shape index (κ2) is 7.08. The molecule has 0 aliphatic rings. The molecular weight excluding hydrogens is 388 g/mol. The molecule has 0 aromatic carbocycles. The van der Waals surface area contributed by atoms with Crippen LogP contribution in [0.2, 0.25) is 0 Å². The first-order valence-electron chi connectivity index (χ1n) is 7.89. The molecule has 0 saturated heterocycles. The van der Waals surface area contributed by atoms with Gasteiger partial charge in [0.25, 0.3) is 10.0 Å². The fraction of sp³-hybridized carbons (Fsp3) is 0.250. The topological polar surface area (TPSA) is 119 Å². The van der Waals surface area contributed by atoms with Crippen molar-refractivity contribution in [1.82, 2.24) is 19.7 Å². The SMILES string of the molecule is CC(=O)Nc1cc(-c2cncc(NS(=O)(=O)c3sc(C)nc3C)c2)n(C)n1. The minimum Gasteiger partial charge on any atom is -0.309 e. The average Bonchev–Trinajstić information content (AvgIpc) is 3.08. The quantitative estimate of drug-likeness (QED) is 0.671. The van der Waals surface area contributed by atoms with Gasteiger partial charge < -0.3 is 5.32 Å². The van der Waals surface area contributed by atoms with Crippen LogP contribution in [-0.2, 0) is 21.9 Å². The summed E-state index contributed by atoms with van der Waals surface area (Å²) in [6.45, 7) is 4.81. The minimum absolute atomic E-state index is 0.180. The van der Waals surface area contributed by atoms with E-state index in [9.17, 15) is 13.2 Å². The molecule has 0 unspecified atom stereocenters. The van der Waals surface area contributed by atoms with Gasteiger partial charge in [0.1, 0.15) is 0 Å². The summed E-state index contributed by atoms with van der Waals surface area (Å²) in [6.07, 6.45) is 3.02. The Kier molecular flexibility index (Phi) is 4.98. The fourth-order valence-electron chi connectivity index (χ4n) is 2.58. The van der Waals surface area contributed by atoms with Gasteiger partial charge in [0.05, 0.1) is 28.3 Å². The molecule has 0 saturated carbocycles. The van der Waals surface area contributed by atoms with E-state index in [1.165, 1.54) is 13.1 Å². The first-order chi connectivity index (χ1) is 12.7. The average molecular weight is 406 g/mol. The number of nitrogens with zero attached hydrogens (tertiary/aromatic N) is 4. The van der Waals surface area contributed by atoms with Crippen LogP contribution in [0.4, 0.5) is 11.5 Å². The summed E-state index contributed by atoms with van der Waals surface area (Å²) >= 11 is 1.12. The van der Waals surface area contributed by atoms with Gasteiger partial charge in [0, 0.05) is 31.8 Å². The number of amides is 1. The lowest BCUT2D eigenvalue weighted by atomic mass is 10.2. The van der Waals surface area contributed by atoms with Gasteiger partial charge in [0.2, 0.25) is 5.91 Å². The highest BCUT2D eigenvalue weighted by atomic mass is 32.2. The Morgan fingerprint density at radius 2 is 1.96 bits per heavy atom. The number of pyridine rings is 1. The van der Waals surface area contributed by atoms with Crippen LogP contribution < -0.4 is 10.0 Å². The summed E-state index contributed by atoms with van der Waals surface area (Å²) < 4.78 is 29.6. The van der Waals surface area contributed by atoms with E-state index < -0.39 is 10.0 Å². The van der Waals surface area contributed by atoms with E-state index in [0.29, 0.717) is 33.5 Å². The monoisotopic (exact) mass is 406 g/mol. The third kappa shape index (κ3) is 4.14. The van der Waals surface area contributed by atoms with Crippen LogP contribution in [0.5, 0.6) is 0 Å². The highest BCUT2D eigenvalue weighted by molar-refractivity contribution is 7.94. The number of nitrogens with one attached hydrogen (secondary N) is 2. The first kappa shape index (κ1) is 19.0. The maximum absolute atomic E-state index is 12.6. The Morgan fingerprint density at radius 1 is 1.22 bits per heavy atom. The van der Waals surface area contributed by atoms with Crippen LogP contribution in [-0.4, -0.2) is 34.1 Å². The zero-order chi connectivity index (χ0) is 19.8.